The lowest BCUT2D eigenvalue weighted by Gasteiger charge is -2.28. The van der Waals surface area contributed by atoms with Crippen molar-refractivity contribution in [3.05, 3.63) is 29.8 Å². The van der Waals surface area contributed by atoms with Gasteiger partial charge in [0.2, 0.25) is 0 Å². The molecular weight excluding hydrogens is 270 g/mol. The predicted molar refractivity (Wildman–Crippen MR) is 94.7 cm³/mol. The molecule has 3 nitrogen and oxygen atoms in total. The van der Waals surface area contributed by atoms with Crippen molar-refractivity contribution < 1.29 is 0 Å². The van der Waals surface area contributed by atoms with Gasteiger partial charge in [0.15, 0.2) is 0 Å². The Morgan fingerprint density at radius 1 is 1.14 bits per heavy atom. The topological polar surface area (TPSA) is 9.72 Å². The van der Waals surface area contributed by atoms with E-state index in [1.165, 1.54) is 70.8 Å². The summed E-state index contributed by atoms with van der Waals surface area (Å²) >= 11 is 0. The highest BCUT2D eigenvalue weighted by Gasteiger charge is 2.31. The second kappa shape index (κ2) is 7.47. The van der Waals surface area contributed by atoms with Gasteiger partial charge in [-0.2, -0.15) is 0 Å². The zero-order valence-electron chi connectivity index (χ0n) is 14.3. The third kappa shape index (κ3) is 3.47. The molecule has 0 amide bonds. The fourth-order valence-electron chi connectivity index (χ4n) is 4.11. The van der Waals surface area contributed by atoms with E-state index in [2.05, 4.69) is 52.8 Å². The van der Waals surface area contributed by atoms with E-state index in [4.69, 9.17) is 0 Å². The number of nitrogens with zero attached hydrogens (tertiary/aromatic N) is 3. The summed E-state index contributed by atoms with van der Waals surface area (Å²) in [5.74, 6) is 0. The van der Waals surface area contributed by atoms with E-state index in [9.17, 15) is 0 Å². The number of rotatable bonds is 6. The highest BCUT2D eigenvalue weighted by molar-refractivity contribution is 5.59. The monoisotopic (exact) mass is 301 g/mol. The summed E-state index contributed by atoms with van der Waals surface area (Å²) in [4.78, 5) is 7.91. The standard InChI is InChI=1S/C19H31N3/c1-3-20(4-2)11-7-12-21-13-8-14-22-18(16-21)15-17-9-5-6-10-19(17)22/h5-6,9-10,18H,3-4,7-8,11-16H2,1-2H3. The van der Waals surface area contributed by atoms with Crippen molar-refractivity contribution in [3.8, 4) is 0 Å². The van der Waals surface area contributed by atoms with Crippen LogP contribution in [0.15, 0.2) is 24.3 Å². The van der Waals surface area contributed by atoms with Gasteiger partial charge in [-0.15, -0.1) is 0 Å². The number of fused-ring (bicyclic) bond motifs is 3. The van der Waals surface area contributed by atoms with Crippen LogP contribution in [0.25, 0.3) is 0 Å². The van der Waals surface area contributed by atoms with Crippen LogP contribution >= 0.6 is 0 Å². The first-order valence-corrected chi connectivity index (χ1v) is 9.11. The Balaban J connectivity index is 1.53. The number of hydrogen-bond acceptors (Lipinski definition) is 3. The highest BCUT2D eigenvalue weighted by Crippen LogP contribution is 2.33. The van der Waals surface area contributed by atoms with Crippen LogP contribution < -0.4 is 4.90 Å². The molecule has 0 radical (unpaired) electrons. The third-order valence-electron chi connectivity index (χ3n) is 5.38. The van der Waals surface area contributed by atoms with Gasteiger partial charge in [0, 0.05) is 24.8 Å². The minimum absolute atomic E-state index is 0.702. The summed E-state index contributed by atoms with van der Waals surface area (Å²) in [6.45, 7) is 13.2. The van der Waals surface area contributed by atoms with E-state index in [1.54, 1.807) is 5.56 Å². The van der Waals surface area contributed by atoms with Crippen LogP contribution in [0.4, 0.5) is 5.69 Å². The van der Waals surface area contributed by atoms with Crippen molar-refractivity contribution >= 4 is 5.69 Å². The van der Waals surface area contributed by atoms with Gasteiger partial charge in [-0.1, -0.05) is 32.0 Å². The molecule has 2 aliphatic heterocycles. The Kier molecular flexibility index (Phi) is 5.37. The van der Waals surface area contributed by atoms with E-state index in [1.807, 2.05) is 0 Å². The molecule has 0 N–H and O–H groups in total. The van der Waals surface area contributed by atoms with Gasteiger partial charge in [-0.25, -0.2) is 0 Å². The van der Waals surface area contributed by atoms with E-state index >= 15 is 0 Å². The Labute approximate surface area is 135 Å². The minimum Gasteiger partial charge on any atom is -0.367 e. The fourth-order valence-corrected chi connectivity index (χ4v) is 4.11. The molecule has 122 valence electrons. The smallest absolute Gasteiger partial charge is 0.0458 e. The predicted octanol–water partition coefficient (Wildman–Crippen LogP) is 2.86. The largest absolute Gasteiger partial charge is 0.367 e. The van der Waals surface area contributed by atoms with E-state index in [0.29, 0.717) is 6.04 Å². The fraction of sp³-hybridized carbons (Fsp3) is 0.684. The maximum absolute atomic E-state index is 2.71. The second-order valence-electron chi connectivity index (χ2n) is 6.71. The third-order valence-corrected chi connectivity index (χ3v) is 5.38. The lowest BCUT2D eigenvalue weighted by atomic mass is 10.1. The number of anilines is 1. The van der Waals surface area contributed by atoms with E-state index in [0.717, 1.165) is 0 Å². The summed E-state index contributed by atoms with van der Waals surface area (Å²) < 4.78 is 0. The Hall–Kier alpha value is -1.06. The zero-order valence-corrected chi connectivity index (χ0v) is 14.3. The summed E-state index contributed by atoms with van der Waals surface area (Å²) in [7, 11) is 0. The molecule has 1 fully saturated rings. The van der Waals surface area contributed by atoms with E-state index < -0.39 is 0 Å². The van der Waals surface area contributed by atoms with Gasteiger partial charge in [0.05, 0.1) is 0 Å². The lowest BCUT2D eigenvalue weighted by molar-refractivity contribution is 0.236. The summed E-state index contributed by atoms with van der Waals surface area (Å²) in [6, 6.07) is 9.70. The zero-order chi connectivity index (χ0) is 15.4. The van der Waals surface area contributed by atoms with Crippen molar-refractivity contribution in [2.45, 2.75) is 39.2 Å². The summed E-state index contributed by atoms with van der Waals surface area (Å²) in [5.41, 5.74) is 3.05. The molecule has 1 saturated heterocycles. The normalized spacial score (nSPS) is 21.8. The van der Waals surface area contributed by atoms with Gasteiger partial charge < -0.3 is 14.7 Å². The quantitative estimate of drug-likeness (QED) is 0.800. The lowest BCUT2D eigenvalue weighted by Crippen LogP contribution is -2.39. The van der Waals surface area contributed by atoms with Crippen LogP contribution in [-0.2, 0) is 6.42 Å². The van der Waals surface area contributed by atoms with Crippen LogP contribution in [0.3, 0.4) is 0 Å². The average molecular weight is 301 g/mol. The van der Waals surface area contributed by atoms with Crippen LogP contribution in [0, 0.1) is 0 Å². The molecule has 22 heavy (non-hydrogen) atoms. The average Bonchev–Trinajstić information content (AvgIpc) is 2.76. The Morgan fingerprint density at radius 2 is 1.95 bits per heavy atom. The molecule has 0 spiro atoms. The number of benzene rings is 1. The molecule has 0 saturated carbocycles. The number of hydrogen-bond donors (Lipinski definition) is 0. The molecule has 2 heterocycles. The molecule has 3 rings (SSSR count). The van der Waals surface area contributed by atoms with Gasteiger partial charge in [-0.05, 0) is 63.6 Å². The number of para-hydroxylation sites is 1. The SMILES string of the molecule is CCN(CC)CCCN1CCCN2c3ccccc3CC2C1. The first kappa shape index (κ1) is 15.8. The van der Waals surface area contributed by atoms with E-state index in [-0.39, 0.29) is 0 Å². The Bertz CT molecular complexity index is 470. The molecular formula is C19H31N3. The second-order valence-corrected chi connectivity index (χ2v) is 6.71. The van der Waals surface area contributed by atoms with Crippen LogP contribution in [-0.4, -0.2) is 61.7 Å². The van der Waals surface area contributed by atoms with Gasteiger partial charge >= 0.3 is 0 Å². The van der Waals surface area contributed by atoms with Crippen molar-refractivity contribution in [2.75, 3.05) is 50.7 Å². The summed E-state index contributed by atoms with van der Waals surface area (Å²) in [5, 5.41) is 0. The maximum atomic E-state index is 2.71. The molecule has 2 aliphatic rings. The minimum atomic E-state index is 0.702. The first-order valence-electron chi connectivity index (χ1n) is 9.11. The van der Waals surface area contributed by atoms with Crippen LogP contribution in [0.5, 0.6) is 0 Å². The van der Waals surface area contributed by atoms with Crippen molar-refractivity contribution in [1.29, 1.82) is 0 Å². The molecule has 3 heteroatoms. The Morgan fingerprint density at radius 3 is 2.77 bits per heavy atom. The molecule has 0 aliphatic carbocycles. The van der Waals surface area contributed by atoms with Gasteiger partial charge in [0.25, 0.3) is 0 Å². The maximum Gasteiger partial charge on any atom is 0.0458 e. The first-order chi connectivity index (χ1) is 10.8. The van der Waals surface area contributed by atoms with Gasteiger partial charge in [-0.3, -0.25) is 0 Å². The molecule has 1 aromatic rings. The molecule has 0 bridgehead atoms. The van der Waals surface area contributed by atoms with Crippen molar-refractivity contribution in [3.63, 3.8) is 0 Å². The molecule has 1 unspecified atom stereocenters. The molecule has 1 atom stereocenters. The van der Waals surface area contributed by atoms with Crippen LogP contribution in [0.2, 0.25) is 0 Å². The highest BCUT2D eigenvalue weighted by atomic mass is 15.3. The molecule has 0 aromatic heterocycles. The summed E-state index contributed by atoms with van der Waals surface area (Å²) in [6.07, 6.45) is 3.85. The van der Waals surface area contributed by atoms with Gasteiger partial charge in [0.1, 0.15) is 0 Å². The molecule has 1 aromatic carbocycles. The van der Waals surface area contributed by atoms with Crippen molar-refractivity contribution in [2.24, 2.45) is 0 Å². The van der Waals surface area contributed by atoms with Crippen LogP contribution in [0.1, 0.15) is 32.3 Å². The van der Waals surface area contributed by atoms with Crippen molar-refractivity contribution in [1.82, 2.24) is 9.80 Å².